The van der Waals surface area contributed by atoms with Gasteiger partial charge in [-0.15, -0.1) is 0 Å². The van der Waals surface area contributed by atoms with E-state index in [1.165, 1.54) is 10.6 Å². The van der Waals surface area contributed by atoms with Gasteiger partial charge in [-0.25, -0.2) is 0 Å². The maximum absolute atomic E-state index is 10.8. The van der Waals surface area contributed by atoms with E-state index in [0.717, 1.165) is 38.3 Å². The van der Waals surface area contributed by atoms with Gasteiger partial charge in [0, 0.05) is 23.4 Å². The number of anilines is 1. The molecule has 22 heavy (non-hydrogen) atoms. The summed E-state index contributed by atoms with van der Waals surface area (Å²) in [6.07, 6.45) is 0. The molecule has 1 N–H and O–H groups in total. The maximum Gasteiger partial charge on any atom is 0.269 e. The van der Waals surface area contributed by atoms with E-state index in [9.17, 15) is 10.1 Å². The third-order valence-electron chi connectivity index (χ3n) is 4.17. The van der Waals surface area contributed by atoms with Crippen molar-refractivity contribution in [3.8, 4) is 0 Å². The molecule has 0 radical (unpaired) electrons. The number of hydrogen-bond acceptors (Lipinski definition) is 3. The fourth-order valence-electron chi connectivity index (χ4n) is 2.97. The summed E-state index contributed by atoms with van der Waals surface area (Å²) in [5.74, 6) is 0. The normalized spacial score (nSPS) is 15.7. The van der Waals surface area contributed by atoms with Crippen molar-refractivity contribution in [2.45, 2.75) is 6.54 Å². The summed E-state index contributed by atoms with van der Waals surface area (Å²) in [6.45, 7) is 5.00. The Morgan fingerprint density at radius 2 is 1.77 bits per heavy atom. The molecule has 3 rings (SSSR count). The lowest BCUT2D eigenvalue weighted by molar-refractivity contribution is -0.914. The molecule has 0 saturated carbocycles. The van der Waals surface area contributed by atoms with E-state index in [4.69, 9.17) is 0 Å². The molecule has 0 atom stereocenters. The van der Waals surface area contributed by atoms with Gasteiger partial charge in [0.25, 0.3) is 5.69 Å². The number of nitrogens with one attached hydrogen (secondary N) is 1. The lowest BCUT2D eigenvalue weighted by Gasteiger charge is -2.33. The molecule has 5 heteroatoms. The zero-order valence-corrected chi connectivity index (χ0v) is 12.4. The van der Waals surface area contributed by atoms with Crippen molar-refractivity contribution in [1.82, 2.24) is 0 Å². The van der Waals surface area contributed by atoms with Crippen LogP contribution < -0.4 is 9.80 Å². The molecule has 2 aromatic carbocycles. The fourth-order valence-corrected chi connectivity index (χ4v) is 2.97. The Hall–Kier alpha value is -2.40. The SMILES string of the molecule is O=[N+]([O-])c1cccc(C[NH+]2CCN(c3ccccc3)CC2)c1. The highest BCUT2D eigenvalue weighted by molar-refractivity contribution is 5.46. The van der Waals surface area contributed by atoms with Crippen LogP contribution in [0.3, 0.4) is 0 Å². The van der Waals surface area contributed by atoms with Gasteiger partial charge in [0.05, 0.1) is 31.1 Å². The van der Waals surface area contributed by atoms with Gasteiger partial charge in [0.15, 0.2) is 0 Å². The first-order chi connectivity index (χ1) is 10.7. The van der Waals surface area contributed by atoms with Crippen molar-refractivity contribution in [1.29, 1.82) is 0 Å². The molecule has 0 unspecified atom stereocenters. The number of nitro benzene ring substituents is 1. The van der Waals surface area contributed by atoms with Crippen molar-refractivity contribution in [2.24, 2.45) is 0 Å². The van der Waals surface area contributed by atoms with E-state index in [1.54, 1.807) is 18.2 Å². The van der Waals surface area contributed by atoms with Crippen LogP contribution in [-0.4, -0.2) is 31.1 Å². The van der Waals surface area contributed by atoms with Crippen molar-refractivity contribution >= 4 is 11.4 Å². The van der Waals surface area contributed by atoms with E-state index in [1.807, 2.05) is 12.1 Å². The Balaban J connectivity index is 1.58. The summed E-state index contributed by atoms with van der Waals surface area (Å²) in [6, 6.07) is 17.4. The second-order valence-corrected chi connectivity index (χ2v) is 5.68. The number of benzene rings is 2. The second kappa shape index (κ2) is 6.58. The van der Waals surface area contributed by atoms with E-state index < -0.39 is 0 Å². The van der Waals surface area contributed by atoms with Gasteiger partial charge in [-0.3, -0.25) is 10.1 Å². The first-order valence-corrected chi connectivity index (χ1v) is 7.59. The third-order valence-corrected chi connectivity index (χ3v) is 4.17. The topological polar surface area (TPSA) is 50.8 Å². The molecule has 0 aromatic heterocycles. The van der Waals surface area contributed by atoms with E-state index in [0.29, 0.717) is 0 Å². The van der Waals surface area contributed by atoms with Gasteiger partial charge < -0.3 is 9.80 Å². The van der Waals surface area contributed by atoms with Crippen LogP contribution in [0.2, 0.25) is 0 Å². The molecule has 1 heterocycles. The number of hydrogen-bond donors (Lipinski definition) is 1. The number of nitro groups is 1. The molecule has 1 saturated heterocycles. The number of nitrogens with zero attached hydrogens (tertiary/aromatic N) is 2. The molecule has 5 nitrogen and oxygen atoms in total. The van der Waals surface area contributed by atoms with Crippen LogP contribution in [0, 0.1) is 10.1 Å². The van der Waals surface area contributed by atoms with Crippen LogP contribution in [0.4, 0.5) is 11.4 Å². The summed E-state index contributed by atoms with van der Waals surface area (Å²) in [5.41, 5.74) is 2.49. The number of para-hydroxylation sites is 1. The van der Waals surface area contributed by atoms with Crippen LogP contribution in [-0.2, 0) is 6.54 Å². The van der Waals surface area contributed by atoms with Gasteiger partial charge >= 0.3 is 0 Å². The average Bonchev–Trinajstić information content (AvgIpc) is 2.56. The Bertz CT molecular complexity index is 637. The number of non-ortho nitro benzene ring substituents is 1. The van der Waals surface area contributed by atoms with Crippen molar-refractivity contribution < 1.29 is 9.82 Å². The van der Waals surface area contributed by atoms with Crippen LogP contribution in [0.5, 0.6) is 0 Å². The Morgan fingerprint density at radius 1 is 1.05 bits per heavy atom. The lowest BCUT2D eigenvalue weighted by Crippen LogP contribution is -3.13. The van der Waals surface area contributed by atoms with E-state index in [2.05, 4.69) is 29.2 Å². The van der Waals surface area contributed by atoms with Crippen molar-refractivity contribution in [3.05, 3.63) is 70.3 Å². The fraction of sp³-hybridized carbons (Fsp3) is 0.294. The average molecular weight is 298 g/mol. The molecular weight excluding hydrogens is 278 g/mol. The molecule has 0 spiro atoms. The Labute approximate surface area is 129 Å². The Kier molecular flexibility index (Phi) is 4.34. The molecule has 0 amide bonds. The van der Waals surface area contributed by atoms with Gasteiger partial charge in [0.2, 0.25) is 0 Å². The summed E-state index contributed by atoms with van der Waals surface area (Å²) in [4.78, 5) is 14.4. The zero-order valence-electron chi connectivity index (χ0n) is 12.4. The third kappa shape index (κ3) is 3.43. The second-order valence-electron chi connectivity index (χ2n) is 5.68. The molecule has 2 aromatic rings. The first kappa shape index (κ1) is 14.5. The van der Waals surface area contributed by atoms with Gasteiger partial charge in [-0.1, -0.05) is 30.3 Å². The highest BCUT2D eigenvalue weighted by Gasteiger charge is 2.20. The summed E-state index contributed by atoms with van der Waals surface area (Å²) in [5, 5.41) is 10.8. The number of quaternary nitrogens is 1. The largest absolute Gasteiger partial charge is 0.360 e. The summed E-state index contributed by atoms with van der Waals surface area (Å²) in [7, 11) is 0. The molecule has 1 aliphatic rings. The van der Waals surface area contributed by atoms with Crippen molar-refractivity contribution in [3.63, 3.8) is 0 Å². The van der Waals surface area contributed by atoms with Crippen LogP contribution >= 0.6 is 0 Å². The van der Waals surface area contributed by atoms with E-state index >= 15 is 0 Å². The molecule has 1 aliphatic heterocycles. The van der Waals surface area contributed by atoms with Gasteiger partial charge in [-0.2, -0.15) is 0 Å². The highest BCUT2D eigenvalue weighted by Crippen LogP contribution is 2.14. The van der Waals surface area contributed by atoms with Crippen LogP contribution in [0.25, 0.3) is 0 Å². The highest BCUT2D eigenvalue weighted by atomic mass is 16.6. The van der Waals surface area contributed by atoms with Crippen molar-refractivity contribution in [2.75, 3.05) is 31.1 Å². The minimum absolute atomic E-state index is 0.180. The molecule has 0 aliphatic carbocycles. The predicted octanol–water partition coefficient (Wildman–Crippen LogP) is 1.50. The van der Waals surface area contributed by atoms with Gasteiger partial charge in [0.1, 0.15) is 6.54 Å². The monoisotopic (exact) mass is 298 g/mol. The number of piperazine rings is 1. The van der Waals surface area contributed by atoms with Crippen LogP contribution in [0.1, 0.15) is 5.56 Å². The predicted molar refractivity (Wildman–Crippen MR) is 86.2 cm³/mol. The lowest BCUT2D eigenvalue weighted by atomic mass is 10.1. The van der Waals surface area contributed by atoms with E-state index in [-0.39, 0.29) is 10.6 Å². The molecule has 114 valence electrons. The minimum Gasteiger partial charge on any atom is -0.360 e. The summed E-state index contributed by atoms with van der Waals surface area (Å²) >= 11 is 0. The smallest absolute Gasteiger partial charge is 0.269 e. The zero-order chi connectivity index (χ0) is 15.4. The molecule has 1 fully saturated rings. The molecular formula is C17H20N3O2+. The first-order valence-electron chi connectivity index (χ1n) is 7.59. The standard InChI is InChI=1S/C17H19N3O2/c21-20(22)17-8-4-5-15(13-17)14-18-9-11-19(12-10-18)16-6-2-1-3-7-16/h1-8,13H,9-12,14H2/p+1. The number of rotatable bonds is 4. The van der Waals surface area contributed by atoms with Gasteiger partial charge in [-0.05, 0) is 12.1 Å². The quantitative estimate of drug-likeness (QED) is 0.687. The maximum atomic E-state index is 10.8. The minimum atomic E-state index is -0.327. The molecule has 0 bridgehead atoms. The Morgan fingerprint density at radius 3 is 2.45 bits per heavy atom. The summed E-state index contributed by atoms with van der Waals surface area (Å²) < 4.78 is 0. The van der Waals surface area contributed by atoms with Crippen LogP contribution in [0.15, 0.2) is 54.6 Å².